The average Bonchev–Trinajstić information content (AvgIpc) is 3.72. The van der Waals surface area contributed by atoms with E-state index >= 15 is 0 Å². The fourth-order valence-electron chi connectivity index (χ4n) is 6.74. The molecule has 3 unspecified atom stereocenters. The Morgan fingerprint density at radius 3 is 2.09 bits per heavy atom. The summed E-state index contributed by atoms with van der Waals surface area (Å²) in [4.78, 5) is 18.6. The SMILES string of the molecule is COc1cc(C2NC(=O)c3ccccc3N2)ccc1OCCCCCCCC(C)Oc1cc(C2C=C(c3cc(OC)c(OC)c(OC)c3)NO2)ccc1OC. The maximum absolute atomic E-state index is 12.6. The van der Waals surface area contributed by atoms with Crippen molar-refractivity contribution >= 4 is 17.3 Å². The Balaban J connectivity index is 0.934. The summed E-state index contributed by atoms with van der Waals surface area (Å²) in [6.45, 7) is 2.68. The predicted octanol–water partition coefficient (Wildman–Crippen LogP) is 8.39. The van der Waals surface area contributed by atoms with Crippen LogP contribution in [0.3, 0.4) is 0 Å². The van der Waals surface area contributed by atoms with Crippen LogP contribution >= 0.6 is 0 Å². The lowest BCUT2D eigenvalue weighted by Gasteiger charge is -2.28. The summed E-state index contributed by atoms with van der Waals surface area (Å²) in [5.41, 5.74) is 7.91. The first-order valence-corrected chi connectivity index (χ1v) is 18.6. The number of amides is 1. The Morgan fingerprint density at radius 1 is 0.673 bits per heavy atom. The second kappa shape index (κ2) is 18.5. The van der Waals surface area contributed by atoms with Gasteiger partial charge >= 0.3 is 0 Å². The number of anilines is 1. The van der Waals surface area contributed by atoms with Crippen molar-refractivity contribution in [1.29, 1.82) is 0 Å². The van der Waals surface area contributed by atoms with Gasteiger partial charge in [-0.15, -0.1) is 0 Å². The number of para-hydroxylation sites is 1. The smallest absolute Gasteiger partial charge is 0.255 e. The minimum absolute atomic E-state index is 0.00254. The van der Waals surface area contributed by atoms with Crippen molar-refractivity contribution in [1.82, 2.24) is 10.8 Å². The first-order valence-electron chi connectivity index (χ1n) is 18.6. The standard InChI is InChI=1S/C43H51N3O9/c1-27(54-38-22-28(17-19-34(38)48-2)36-26-33(46-55-36)30-24-39(50-4)41(52-6)40(25-30)51-5)14-10-8-7-9-13-21-53-35-20-18-29(23-37(35)49-3)42-44-32-16-12-11-15-31(32)43(47)45-42/h11-12,15-20,22-27,36,42,44,46H,7-10,13-14,21H2,1-6H3,(H,45,47). The van der Waals surface area contributed by atoms with Crippen LogP contribution in [0.15, 0.2) is 78.9 Å². The first kappa shape index (κ1) is 39.0. The van der Waals surface area contributed by atoms with Crippen molar-refractivity contribution in [2.45, 2.75) is 63.8 Å². The molecular formula is C43H51N3O9. The minimum Gasteiger partial charge on any atom is -0.493 e. The highest BCUT2D eigenvalue weighted by Gasteiger charge is 2.26. The van der Waals surface area contributed by atoms with E-state index in [4.69, 9.17) is 38.0 Å². The number of nitrogens with one attached hydrogen (secondary N) is 3. The number of rotatable bonds is 19. The van der Waals surface area contributed by atoms with E-state index in [1.54, 1.807) is 41.6 Å². The van der Waals surface area contributed by atoms with Crippen molar-refractivity contribution < 1.29 is 42.8 Å². The summed E-state index contributed by atoms with van der Waals surface area (Å²) in [6, 6.07) is 22.8. The fourth-order valence-corrected chi connectivity index (χ4v) is 6.74. The number of hydrogen-bond donors (Lipinski definition) is 3. The molecule has 2 aliphatic heterocycles. The molecule has 3 N–H and O–H groups in total. The van der Waals surface area contributed by atoms with Gasteiger partial charge in [0.1, 0.15) is 12.3 Å². The number of hydrogen-bond acceptors (Lipinski definition) is 11. The number of ether oxygens (including phenoxy) is 7. The van der Waals surface area contributed by atoms with Crippen LogP contribution in [-0.4, -0.2) is 54.2 Å². The Morgan fingerprint density at radius 2 is 1.35 bits per heavy atom. The third-order valence-electron chi connectivity index (χ3n) is 9.71. The Labute approximate surface area is 323 Å². The highest BCUT2D eigenvalue weighted by molar-refractivity contribution is 6.01. The van der Waals surface area contributed by atoms with Gasteiger partial charge in [0.2, 0.25) is 5.75 Å². The molecule has 0 bridgehead atoms. The highest BCUT2D eigenvalue weighted by atomic mass is 16.7. The Bertz CT molecular complexity index is 1940. The summed E-state index contributed by atoms with van der Waals surface area (Å²) >= 11 is 0. The normalized spacial score (nSPS) is 16.4. The largest absolute Gasteiger partial charge is 0.493 e. The molecule has 0 spiro atoms. The van der Waals surface area contributed by atoms with Gasteiger partial charge in [-0.2, -0.15) is 0 Å². The zero-order chi connectivity index (χ0) is 38.7. The average molecular weight is 754 g/mol. The molecule has 0 radical (unpaired) electrons. The molecule has 0 saturated heterocycles. The number of fused-ring (bicyclic) bond motifs is 1. The van der Waals surface area contributed by atoms with E-state index in [0.717, 1.165) is 66.6 Å². The maximum Gasteiger partial charge on any atom is 0.255 e. The molecule has 0 saturated carbocycles. The van der Waals surface area contributed by atoms with Crippen molar-refractivity contribution in [3.63, 3.8) is 0 Å². The van der Waals surface area contributed by atoms with Crippen molar-refractivity contribution in [2.24, 2.45) is 0 Å². The van der Waals surface area contributed by atoms with Crippen LogP contribution < -0.4 is 49.3 Å². The van der Waals surface area contributed by atoms with E-state index in [0.29, 0.717) is 52.4 Å². The van der Waals surface area contributed by atoms with Crippen LogP contribution in [0.25, 0.3) is 5.70 Å². The molecule has 2 heterocycles. The predicted molar refractivity (Wildman–Crippen MR) is 211 cm³/mol. The molecule has 4 aromatic carbocycles. The molecule has 4 aromatic rings. The van der Waals surface area contributed by atoms with Gasteiger partial charge in [0.05, 0.1) is 59.5 Å². The second-order valence-corrected chi connectivity index (χ2v) is 13.4. The topological polar surface area (TPSA) is 127 Å². The Hall–Kier alpha value is -5.75. The third kappa shape index (κ3) is 9.32. The van der Waals surface area contributed by atoms with Gasteiger partial charge in [0, 0.05) is 11.3 Å². The van der Waals surface area contributed by atoms with Crippen molar-refractivity contribution in [3.05, 3.63) is 101 Å². The first-order chi connectivity index (χ1) is 26.8. The minimum atomic E-state index is -0.358. The van der Waals surface area contributed by atoms with Crippen LogP contribution in [0, 0.1) is 0 Å². The summed E-state index contributed by atoms with van der Waals surface area (Å²) in [7, 11) is 8.03. The van der Waals surface area contributed by atoms with Crippen LogP contribution in [0.1, 0.15) is 84.8 Å². The lowest BCUT2D eigenvalue weighted by molar-refractivity contribution is 0.0508. The molecule has 292 valence electrons. The number of hydroxylamine groups is 1. The fraction of sp³-hybridized carbons (Fsp3) is 0.372. The lowest BCUT2D eigenvalue weighted by Crippen LogP contribution is -2.38. The van der Waals surface area contributed by atoms with E-state index in [-0.39, 0.29) is 24.3 Å². The summed E-state index contributed by atoms with van der Waals surface area (Å²) in [5, 5.41) is 6.39. The number of unbranched alkanes of at least 4 members (excludes halogenated alkanes) is 4. The van der Waals surface area contributed by atoms with Crippen molar-refractivity contribution in [3.8, 4) is 40.2 Å². The van der Waals surface area contributed by atoms with Gasteiger partial charge in [0.25, 0.3) is 5.91 Å². The summed E-state index contributed by atoms with van der Waals surface area (Å²) in [6.07, 6.45) is 7.47. The van der Waals surface area contributed by atoms with E-state index < -0.39 is 0 Å². The molecule has 55 heavy (non-hydrogen) atoms. The molecule has 1 amide bonds. The molecule has 12 nitrogen and oxygen atoms in total. The van der Waals surface area contributed by atoms with E-state index in [1.165, 1.54) is 0 Å². The van der Waals surface area contributed by atoms with E-state index in [2.05, 4.69) is 23.0 Å². The molecule has 2 aliphatic rings. The lowest BCUT2D eigenvalue weighted by atomic mass is 10.0. The van der Waals surface area contributed by atoms with Crippen molar-refractivity contribution in [2.75, 3.05) is 47.5 Å². The monoisotopic (exact) mass is 753 g/mol. The molecule has 0 fully saturated rings. The second-order valence-electron chi connectivity index (χ2n) is 13.4. The third-order valence-corrected chi connectivity index (χ3v) is 9.71. The van der Waals surface area contributed by atoms with E-state index in [9.17, 15) is 4.79 Å². The Kier molecular flexibility index (Phi) is 13.1. The van der Waals surface area contributed by atoms with E-state index in [1.807, 2.05) is 72.8 Å². The number of benzene rings is 4. The van der Waals surface area contributed by atoms with Crippen LogP contribution in [0.4, 0.5) is 5.69 Å². The number of carbonyl (C=O) groups is 1. The summed E-state index contributed by atoms with van der Waals surface area (Å²) < 4.78 is 40.3. The number of carbonyl (C=O) groups excluding carboxylic acids is 1. The zero-order valence-corrected chi connectivity index (χ0v) is 32.4. The van der Waals surface area contributed by atoms with Gasteiger partial charge in [0.15, 0.2) is 34.5 Å². The molecule has 6 rings (SSSR count). The van der Waals surface area contributed by atoms with Crippen LogP contribution in [-0.2, 0) is 4.84 Å². The quantitative estimate of drug-likeness (QED) is 0.0800. The summed E-state index contributed by atoms with van der Waals surface area (Å²) in [5.74, 6) is 4.20. The number of methoxy groups -OCH3 is 5. The zero-order valence-electron chi connectivity index (χ0n) is 32.4. The molecule has 0 aliphatic carbocycles. The highest BCUT2D eigenvalue weighted by Crippen LogP contribution is 2.42. The van der Waals surface area contributed by atoms with Crippen LogP contribution in [0.2, 0.25) is 0 Å². The molecule has 3 atom stereocenters. The van der Waals surface area contributed by atoms with Gasteiger partial charge < -0.3 is 43.8 Å². The van der Waals surface area contributed by atoms with Crippen LogP contribution in [0.5, 0.6) is 40.2 Å². The van der Waals surface area contributed by atoms with Gasteiger partial charge in [-0.05, 0) is 91.9 Å². The van der Waals surface area contributed by atoms with Gasteiger partial charge in [-0.3, -0.25) is 15.1 Å². The molecule has 0 aromatic heterocycles. The molecule has 12 heteroatoms. The maximum atomic E-state index is 12.6. The van der Waals surface area contributed by atoms with Gasteiger partial charge in [-0.1, -0.05) is 43.5 Å². The van der Waals surface area contributed by atoms with Gasteiger partial charge in [-0.25, -0.2) is 0 Å². The molecular weight excluding hydrogens is 702 g/mol.